The number of rotatable bonds is 4. The summed E-state index contributed by atoms with van der Waals surface area (Å²) in [4.78, 5) is 16.4. The third-order valence-corrected chi connectivity index (χ3v) is 2.52. The van der Waals surface area contributed by atoms with Crippen LogP contribution in [0.3, 0.4) is 0 Å². The number of nitrogens with one attached hydrogen (secondary N) is 3. The van der Waals surface area contributed by atoms with Crippen molar-refractivity contribution in [1.82, 2.24) is 15.2 Å². The van der Waals surface area contributed by atoms with Crippen LogP contribution in [0.25, 0.3) is 0 Å². The Hall–Kier alpha value is -2.37. The van der Waals surface area contributed by atoms with E-state index in [9.17, 15) is 4.79 Å². The molecule has 6 heteroatoms. The number of hydrogen-bond acceptors (Lipinski definition) is 4. The van der Waals surface area contributed by atoms with Gasteiger partial charge in [0.25, 0.3) is 5.91 Å². The van der Waals surface area contributed by atoms with E-state index < -0.39 is 0 Å². The maximum absolute atomic E-state index is 12.0. The molecule has 0 atom stereocenters. The standard InChI is InChI=1S/C12H15N5O/c1-3-9-4-8(5-11(13-2)16-9)12(18)17-10-6-14-15-7-10/h4-7H,3H2,1-2H3,(H,13,16)(H,14,15)(H,17,18). The quantitative estimate of drug-likeness (QED) is 0.765. The molecule has 0 saturated heterocycles. The Morgan fingerprint density at radius 1 is 1.44 bits per heavy atom. The fraction of sp³-hybridized carbons (Fsp3) is 0.250. The molecule has 0 saturated carbocycles. The van der Waals surface area contributed by atoms with Gasteiger partial charge in [0.2, 0.25) is 0 Å². The minimum Gasteiger partial charge on any atom is -0.373 e. The van der Waals surface area contributed by atoms with Crippen LogP contribution < -0.4 is 10.6 Å². The van der Waals surface area contributed by atoms with Gasteiger partial charge >= 0.3 is 0 Å². The monoisotopic (exact) mass is 245 g/mol. The van der Waals surface area contributed by atoms with Crippen molar-refractivity contribution in [3.63, 3.8) is 0 Å². The fourth-order valence-electron chi connectivity index (χ4n) is 1.55. The molecule has 94 valence electrons. The van der Waals surface area contributed by atoms with Gasteiger partial charge in [0.15, 0.2) is 0 Å². The minimum absolute atomic E-state index is 0.176. The van der Waals surface area contributed by atoms with Crippen molar-refractivity contribution in [2.45, 2.75) is 13.3 Å². The Balaban J connectivity index is 2.23. The number of H-pyrrole nitrogens is 1. The van der Waals surface area contributed by atoms with Crippen LogP contribution in [-0.4, -0.2) is 28.1 Å². The maximum Gasteiger partial charge on any atom is 0.255 e. The maximum atomic E-state index is 12.0. The van der Waals surface area contributed by atoms with E-state index in [1.165, 1.54) is 0 Å². The van der Waals surface area contributed by atoms with Crippen LogP contribution in [-0.2, 0) is 6.42 Å². The number of nitrogens with zero attached hydrogens (tertiary/aromatic N) is 2. The highest BCUT2D eigenvalue weighted by molar-refractivity contribution is 6.04. The van der Waals surface area contributed by atoms with Crippen LogP contribution >= 0.6 is 0 Å². The third-order valence-electron chi connectivity index (χ3n) is 2.52. The van der Waals surface area contributed by atoms with Crippen LogP contribution in [0.1, 0.15) is 23.0 Å². The molecule has 2 rings (SSSR count). The van der Waals surface area contributed by atoms with Crippen molar-refractivity contribution in [2.24, 2.45) is 0 Å². The molecule has 2 aromatic heterocycles. The predicted molar refractivity (Wildman–Crippen MR) is 69.7 cm³/mol. The summed E-state index contributed by atoms with van der Waals surface area (Å²) in [6.07, 6.45) is 3.96. The fourth-order valence-corrected chi connectivity index (χ4v) is 1.55. The van der Waals surface area contributed by atoms with Crippen molar-refractivity contribution < 1.29 is 4.79 Å². The zero-order chi connectivity index (χ0) is 13.0. The number of pyridine rings is 1. The molecule has 2 aromatic rings. The third kappa shape index (κ3) is 2.65. The summed E-state index contributed by atoms with van der Waals surface area (Å²) < 4.78 is 0. The Kier molecular flexibility index (Phi) is 3.57. The largest absolute Gasteiger partial charge is 0.373 e. The first-order valence-electron chi connectivity index (χ1n) is 5.71. The molecule has 0 aliphatic heterocycles. The average molecular weight is 245 g/mol. The zero-order valence-electron chi connectivity index (χ0n) is 10.3. The molecule has 6 nitrogen and oxygen atoms in total. The molecular weight excluding hydrogens is 230 g/mol. The van der Waals surface area contributed by atoms with E-state index >= 15 is 0 Å². The molecule has 0 aliphatic rings. The lowest BCUT2D eigenvalue weighted by Crippen LogP contribution is -2.13. The molecule has 1 amide bonds. The number of carbonyl (C=O) groups is 1. The molecule has 18 heavy (non-hydrogen) atoms. The molecule has 2 heterocycles. The van der Waals surface area contributed by atoms with Gasteiger partial charge < -0.3 is 10.6 Å². The van der Waals surface area contributed by atoms with Crippen molar-refractivity contribution >= 4 is 17.4 Å². The van der Waals surface area contributed by atoms with Crippen LogP contribution in [0.2, 0.25) is 0 Å². The Morgan fingerprint density at radius 2 is 2.28 bits per heavy atom. The molecule has 0 aliphatic carbocycles. The Bertz CT molecular complexity index is 513. The lowest BCUT2D eigenvalue weighted by molar-refractivity contribution is 0.102. The normalized spacial score (nSPS) is 10.1. The average Bonchev–Trinajstić information content (AvgIpc) is 2.90. The van der Waals surface area contributed by atoms with Gasteiger partial charge in [-0.2, -0.15) is 5.10 Å². The van der Waals surface area contributed by atoms with Crippen molar-refractivity contribution in [3.8, 4) is 0 Å². The number of hydrogen-bond donors (Lipinski definition) is 3. The summed E-state index contributed by atoms with van der Waals surface area (Å²) in [5.74, 6) is 0.511. The summed E-state index contributed by atoms with van der Waals surface area (Å²) in [5.41, 5.74) is 2.09. The van der Waals surface area contributed by atoms with Gasteiger partial charge in [-0.3, -0.25) is 9.89 Å². The number of aromatic amines is 1. The molecule has 3 N–H and O–H groups in total. The van der Waals surface area contributed by atoms with Crippen LogP contribution in [0.5, 0.6) is 0 Å². The second-order valence-electron chi connectivity index (χ2n) is 3.78. The van der Waals surface area contributed by atoms with E-state index in [-0.39, 0.29) is 5.91 Å². The first-order valence-corrected chi connectivity index (χ1v) is 5.71. The SMILES string of the molecule is CCc1cc(C(=O)Nc2cn[nH]c2)cc(NC)n1. The summed E-state index contributed by atoms with van der Waals surface area (Å²) in [6.45, 7) is 2.00. The highest BCUT2D eigenvalue weighted by atomic mass is 16.1. The second-order valence-corrected chi connectivity index (χ2v) is 3.78. The number of aryl methyl sites for hydroxylation is 1. The van der Waals surface area contributed by atoms with Crippen molar-refractivity contribution in [3.05, 3.63) is 35.8 Å². The van der Waals surface area contributed by atoms with Crippen LogP contribution in [0.15, 0.2) is 24.5 Å². The van der Waals surface area contributed by atoms with Crippen molar-refractivity contribution in [2.75, 3.05) is 17.7 Å². The van der Waals surface area contributed by atoms with Gasteiger partial charge in [0.1, 0.15) is 5.82 Å². The molecule has 0 unspecified atom stereocenters. The van der Waals surface area contributed by atoms with Gasteiger partial charge in [0, 0.05) is 24.5 Å². The summed E-state index contributed by atoms with van der Waals surface area (Å²) in [5, 5.41) is 12.1. The van der Waals surface area contributed by atoms with E-state index in [0.29, 0.717) is 17.1 Å². The molecule has 0 fully saturated rings. The van der Waals surface area contributed by atoms with E-state index in [4.69, 9.17) is 0 Å². The first kappa shape index (κ1) is 12.1. The number of anilines is 2. The lowest BCUT2D eigenvalue weighted by Gasteiger charge is -2.07. The highest BCUT2D eigenvalue weighted by Gasteiger charge is 2.09. The summed E-state index contributed by atoms with van der Waals surface area (Å²) >= 11 is 0. The first-order chi connectivity index (χ1) is 8.72. The predicted octanol–water partition coefficient (Wildman–Crippen LogP) is 1.66. The van der Waals surface area contributed by atoms with Gasteiger partial charge in [-0.1, -0.05) is 6.92 Å². The van der Waals surface area contributed by atoms with Crippen LogP contribution in [0, 0.1) is 0 Å². The number of aromatic nitrogens is 3. The smallest absolute Gasteiger partial charge is 0.255 e. The molecular formula is C12H15N5O. The highest BCUT2D eigenvalue weighted by Crippen LogP contribution is 2.13. The lowest BCUT2D eigenvalue weighted by atomic mass is 10.2. The minimum atomic E-state index is -0.176. The Labute approximate surface area is 105 Å². The summed E-state index contributed by atoms with van der Waals surface area (Å²) in [6, 6.07) is 3.50. The van der Waals surface area contributed by atoms with Crippen molar-refractivity contribution in [1.29, 1.82) is 0 Å². The van der Waals surface area contributed by atoms with E-state index in [1.54, 1.807) is 31.6 Å². The van der Waals surface area contributed by atoms with Gasteiger partial charge in [0.05, 0.1) is 11.9 Å². The number of carbonyl (C=O) groups excluding carboxylic acids is 1. The van der Waals surface area contributed by atoms with Gasteiger partial charge in [-0.05, 0) is 18.6 Å². The molecule has 0 bridgehead atoms. The Morgan fingerprint density at radius 3 is 2.89 bits per heavy atom. The molecule has 0 radical (unpaired) electrons. The van der Waals surface area contributed by atoms with Gasteiger partial charge in [-0.25, -0.2) is 4.98 Å². The zero-order valence-corrected chi connectivity index (χ0v) is 10.3. The topological polar surface area (TPSA) is 82.7 Å². The molecule has 0 spiro atoms. The van der Waals surface area contributed by atoms with E-state index in [1.807, 2.05) is 6.92 Å². The molecule has 0 aromatic carbocycles. The van der Waals surface area contributed by atoms with E-state index in [2.05, 4.69) is 25.8 Å². The number of amides is 1. The summed E-state index contributed by atoms with van der Waals surface area (Å²) in [7, 11) is 1.78. The van der Waals surface area contributed by atoms with Crippen LogP contribution in [0.4, 0.5) is 11.5 Å². The second kappa shape index (κ2) is 5.31. The van der Waals surface area contributed by atoms with E-state index in [0.717, 1.165) is 12.1 Å². The van der Waals surface area contributed by atoms with Gasteiger partial charge in [-0.15, -0.1) is 0 Å².